The molecule has 0 saturated carbocycles. The molecule has 222 valence electrons. The fourth-order valence-electron chi connectivity index (χ4n) is 3.32. The molecule has 0 bridgehead atoms. The third-order valence-corrected chi connectivity index (χ3v) is 6.30. The number of nitrogens with zero attached hydrogens (tertiary/aromatic N) is 3. The molecule has 2 heterocycles. The Morgan fingerprint density at radius 1 is 1.12 bits per heavy atom. The molecule has 0 saturated heterocycles. The topological polar surface area (TPSA) is 129 Å². The van der Waals surface area contributed by atoms with Crippen LogP contribution in [0.2, 0.25) is 5.02 Å². The maximum atomic E-state index is 13.2. The van der Waals surface area contributed by atoms with E-state index in [9.17, 15) is 26.4 Å². The first-order chi connectivity index (χ1) is 19.4. The number of hydrogen-bond donors (Lipinski definition) is 1. The van der Waals surface area contributed by atoms with Crippen LogP contribution in [-0.4, -0.2) is 51.3 Å². The van der Waals surface area contributed by atoms with Gasteiger partial charge in [0.25, 0.3) is 0 Å². The minimum Gasteiger partial charge on any atom is -0.489 e. The molecule has 0 aliphatic rings. The van der Waals surface area contributed by atoms with Crippen molar-refractivity contribution in [2.45, 2.75) is 26.1 Å². The molecule has 0 fully saturated rings. The van der Waals surface area contributed by atoms with Crippen LogP contribution < -0.4 is 19.1 Å². The predicted molar refractivity (Wildman–Crippen MR) is 142 cm³/mol. The van der Waals surface area contributed by atoms with E-state index in [1.807, 2.05) is 0 Å². The number of para-hydroxylation sites is 1. The van der Waals surface area contributed by atoms with Gasteiger partial charge in [-0.3, -0.25) is 9.88 Å². The second-order valence-electron chi connectivity index (χ2n) is 8.19. The fraction of sp³-hybridized carbons (Fsp3) is 0.320. The molecule has 0 atom stereocenters. The lowest BCUT2D eigenvalue weighted by molar-refractivity contribution is -0.137. The van der Waals surface area contributed by atoms with E-state index in [1.165, 1.54) is 37.7 Å². The minimum atomic E-state index is -4.69. The van der Waals surface area contributed by atoms with Gasteiger partial charge in [-0.2, -0.15) is 26.3 Å². The number of anilines is 1. The van der Waals surface area contributed by atoms with Crippen LogP contribution in [0, 0.1) is 0 Å². The maximum absolute atomic E-state index is 13.2. The van der Waals surface area contributed by atoms with E-state index in [0.29, 0.717) is 24.2 Å². The summed E-state index contributed by atoms with van der Waals surface area (Å²) in [7, 11) is -3.13. The van der Waals surface area contributed by atoms with Crippen LogP contribution in [0.4, 0.5) is 23.7 Å². The summed E-state index contributed by atoms with van der Waals surface area (Å²) < 4.78 is 87.9. The molecule has 41 heavy (non-hydrogen) atoms. The van der Waals surface area contributed by atoms with Gasteiger partial charge in [-0.15, -0.1) is 0 Å². The van der Waals surface area contributed by atoms with E-state index in [0.717, 1.165) is 4.90 Å². The van der Waals surface area contributed by atoms with Gasteiger partial charge in [-0.25, -0.2) is 9.78 Å². The number of carbonyl (C=O) groups is 1. The summed E-state index contributed by atoms with van der Waals surface area (Å²) in [5.41, 5.74) is -0.594. The zero-order valence-corrected chi connectivity index (χ0v) is 23.4. The lowest BCUT2D eigenvalue weighted by Gasteiger charge is -2.26. The Bertz CT molecular complexity index is 1430. The maximum Gasteiger partial charge on any atom is 0.431 e. The van der Waals surface area contributed by atoms with Crippen LogP contribution in [0.5, 0.6) is 17.4 Å². The lowest BCUT2D eigenvalue weighted by Crippen LogP contribution is -2.37. The van der Waals surface area contributed by atoms with E-state index in [4.69, 9.17) is 30.0 Å². The highest BCUT2D eigenvalue weighted by Gasteiger charge is 2.33. The number of amides is 1. The summed E-state index contributed by atoms with van der Waals surface area (Å²) in [6.07, 6.45) is -2.16. The van der Waals surface area contributed by atoms with Gasteiger partial charge in [0.15, 0.2) is 5.75 Å². The van der Waals surface area contributed by atoms with Crippen LogP contribution in [0.25, 0.3) is 0 Å². The van der Waals surface area contributed by atoms with Crippen LogP contribution in [0.15, 0.2) is 55.0 Å². The van der Waals surface area contributed by atoms with Crippen LogP contribution >= 0.6 is 11.6 Å². The van der Waals surface area contributed by atoms with E-state index < -0.39 is 39.0 Å². The number of ether oxygens (including phenoxy) is 3. The van der Waals surface area contributed by atoms with E-state index in [1.54, 1.807) is 19.1 Å². The summed E-state index contributed by atoms with van der Waals surface area (Å²) >= 11 is 6.02. The highest BCUT2D eigenvalue weighted by Crippen LogP contribution is 2.42. The molecule has 3 aromatic rings. The molecule has 0 aliphatic heterocycles. The third-order valence-electron chi connectivity index (χ3n) is 5.17. The van der Waals surface area contributed by atoms with Crippen molar-refractivity contribution in [1.82, 2.24) is 14.7 Å². The van der Waals surface area contributed by atoms with E-state index in [-0.39, 0.29) is 43.5 Å². The Balaban J connectivity index is 1.96. The van der Waals surface area contributed by atoms with Gasteiger partial charge in [0, 0.05) is 38.8 Å². The number of aromatic nitrogens is 2. The Labute approximate surface area is 239 Å². The zero-order valence-electron chi connectivity index (χ0n) is 21.9. The van der Waals surface area contributed by atoms with Crippen molar-refractivity contribution >= 4 is 33.7 Å². The quantitative estimate of drug-likeness (QED) is 0.252. The van der Waals surface area contributed by atoms with Crippen LogP contribution in [-0.2, 0) is 31.9 Å². The van der Waals surface area contributed by atoms with Crippen molar-refractivity contribution in [3.05, 3.63) is 71.1 Å². The van der Waals surface area contributed by atoms with Crippen LogP contribution in [0.3, 0.4) is 0 Å². The Kier molecular flexibility index (Phi) is 11.1. The van der Waals surface area contributed by atoms with Gasteiger partial charge < -0.3 is 18.4 Å². The Morgan fingerprint density at radius 3 is 2.46 bits per heavy atom. The molecule has 0 radical (unpaired) electrons. The summed E-state index contributed by atoms with van der Waals surface area (Å²) in [5.74, 6) is -0.455. The first kappa shape index (κ1) is 31.9. The van der Waals surface area contributed by atoms with E-state index in [2.05, 4.69) is 14.7 Å². The third kappa shape index (κ3) is 9.18. The minimum absolute atomic E-state index is 0.0348. The molecular weight excluding hydrogens is 593 g/mol. The second-order valence-corrected chi connectivity index (χ2v) is 9.96. The number of halogens is 4. The highest BCUT2D eigenvalue weighted by molar-refractivity contribution is 7.85. The second kappa shape index (κ2) is 14.3. The first-order valence-electron chi connectivity index (χ1n) is 12.0. The average molecular weight is 619 g/mol. The van der Waals surface area contributed by atoms with Crippen molar-refractivity contribution in [2.24, 2.45) is 0 Å². The van der Waals surface area contributed by atoms with Gasteiger partial charge in [-0.05, 0) is 42.3 Å². The average Bonchev–Trinajstić information content (AvgIpc) is 2.92. The smallest absolute Gasteiger partial charge is 0.431 e. The van der Waals surface area contributed by atoms with Crippen LogP contribution in [0.1, 0.15) is 24.5 Å². The SMILES string of the molecule is CCCN(C(=O)OS(=O)(=O)NCc1ccncc1)c1c(OCCOC)cccc1Oc1ncc(C(F)(F)F)cc1Cl. The Morgan fingerprint density at radius 2 is 1.83 bits per heavy atom. The van der Waals surface area contributed by atoms with Gasteiger partial charge in [0.1, 0.15) is 23.1 Å². The highest BCUT2D eigenvalue weighted by atomic mass is 35.5. The van der Waals surface area contributed by atoms with Gasteiger partial charge in [0.05, 0.1) is 12.2 Å². The number of alkyl halides is 3. The van der Waals surface area contributed by atoms with Crippen molar-refractivity contribution in [3.63, 3.8) is 0 Å². The molecule has 11 nitrogen and oxygen atoms in total. The molecule has 0 spiro atoms. The zero-order chi connectivity index (χ0) is 30.0. The van der Waals surface area contributed by atoms with Crippen molar-refractivity contribution in [1.29, 1.82) is 0 Å². The summed E-state index contributed by atoms with van der Waals surface area (Å²) in [6.45, 7) is 1.69. The Hall–Kier alpha value is -3.66. The van der Waals surface area contributed by atoms with E-state index >= 15 is 0 Å². The molecule has 1 N–H and O–H groups in total. The lowest BCUT2D eigenvalue weighted by atomic mass is 10.2. The first-order valence-corrected chi connectivity index (χ1v) is 13.8. The number of carbonyl (C=O) groups excluding carboxylic acids is 1. The molecule has 1 amide bonds. The number of hydrogen-bond acceptors (Lipinski definition) is 9. The number of pyridine rings is 2. The van der Waals surface area contributed by atoms with Crippen molar-refractivity contribution < 1.29 is 44.8 Å². The van der Waals surface area contributed by atoms with Crippen molar-refractivity contribution in [3.8, 4) is 17.4 Å². The summed E-state index contributed by atoms with van der Waals surface area (Å²) in [6, 6.07) is 8.13. The number of rotatable bonds is 13. The molecule has 0 unspecified atom stereocenters. The normalized spacial score (nSPS) is 11.7. The largest absolute Gasteiger partial charge is 0.489 e. The molecular formula is C25H26ClF3N4O7S. The van der Waals surface area contributed by atoms with Crippen molar-refractivity contribution in [2.75, 3.05) is 31.8 Å². The molecule has 16 heteroatoms. The monoisotopic (exact) mass is 618 g/mol. The number of benzene rings is 1. The van der Waals surface area contributed by atoms with Gasteiger partial charge in [0.2, 0.25) is 5.88 Å². The summed E-state index contributed by atoms with van der Waals surface area (Å²) in [5, 5.41) is -0.455. The predicted octanol–water partition coefficient (Wildman–Crippen LogP) is 5.35. The molecule has 0 aliphatic carbocycles. The number of nitrogens with one attached hydrogen (secondary N) is 1. The van der Waals surface area contributed by atoms with Gasteiger partial charge in [-0.1, -0.05) is 24.6 Å². The number of methoxy groups -OCH3 is 1. The van der Waals surface area contributed by atoms with Gasteiger partial charge >= 0.3 is 22.6 Å². The molecule has 1 aromatic carbocycles. The molecule has 2 aromatic heterocycles. The standard InChI is InChI=1S/C25H26ClF3N4O7S/c1-3-11-33(24(34)40-41(35,36)32-15-17-7-9-30-10-8-17)22-20(38-13-12-37-2)5-4-6-21(22)39-23-19(26)14-18(16-31-23)25(27,28)29/h4-10,14,16,32H,3,11-13,15H2,1-2H3. The summed E-state index contributed by atoms with van der Waals surface area (Å²) in [4.78, 5) is 21.7. The molecule has 3 rings (SSSR count). The fourth-order valence-corrected chi connectivity index (χ4v) is 4.21.